The van der Waals surface area contributed by atoms with Crippen molar-refractivity contribution in [2.24, 2.45) is 5.73 Å². The number of hydrogen-bond acceptors (Lipinski definition) is 4. The van der Waals surface area contributed by atoms with Crippen molar-refractivity contribution in [3.05, 3.63) is 0 Å². The molecule has 0 bridgehead atoms. The fraction of sp³-hybridized carbons (Fsp3) is 0.857. The molecule has 1 fully saturated rings. The Kier molecular flexibility index (Phi) is 6.36. The van der Waals surface area contributed by atoms with Crippen LogP contribution in [0.25, 0.3) is 0 Å². The number of rotatable bonds is 6. The Morgan fingerprint density at radius 3 is 2.30 bits per heavy atom. The Labute approximate surface area is 127 Å². The van der Waals surface area contributed by atoms with Gasteiger partial charge in [-0.15, -0.1) is 0 Å². The number of piperazine rings is 1. The van der Waals surface area contributed by atoms with Crippen LogP contribution in [0.3, 0.4) is 0 Å². The molecule has 0 saturated carbocycles. The molecule has 0 aliphatic carbocycles. The largest absolute Gasteiger partial charge is 0.392 e. The van der Waals surface area contributed by atoms with E-state index in [-0.39, 0.29) is 17.5 Å². The summed E-state index contributed by atoms with van der Waals surface area (Å²) < 4.78 is 0. The highest BCUT2D eigenvalue weighted by Gasteiger charge is 2.32. The second-order valence-corrected chi connectivity index (χ2v) is 6.66. The highest BCUT2D eigenvalue weighted by Crippen LogP contribution is 2.17. The quantitative estimate of drug-likeness (QED) is 0.703. The molecule has 1 heterocycles. The van der Waals surface area contributed by atoms with Gasteiger partial charge >= 0.3 is 0 Å². The van der Waals surface area contributed by atoms with E-state index in [1.54, 1.807) is 0 Å². The van der Waals surface area contributed by atoms with E-state index in [0.29, 0.717) is 11.4 Å². The summed E-state index contributed by atoms with van der Waals surface area (Å²) in [5.41, 5.74) is 5.58. The minimum Gasteiger partial charge on any atom is -0.392 e. The van der Waals surface area contributed by atoms with Crippen LogP contribution in [-0.4, -0.2) is 65.0 Å². The second-order valence-electron chi connectivity index (χ2n) is 6.22. The molecule has 0 aromatic rings. The van der Waals surface area contributed by atoms with Gasteiger partial charge in [0.05, 0.1) is 10.5 Å². The second kappa shape index (κ2) is 7.33. The minimum atomic E-state index is -0.226. The van der Waals surface area contributed by atoms with Crippen LogP contribution in [0.2, 0.25) is 0 Å². The molecule has 0 spiro atoms. The molecule has 1 rings (SSSR count). The number of nitrogens with zero attached hydrogens (tertiary/aromatic N) is 2. The highest BCUT2D eigenvalue weighted by molar-refractivity contribution is 7.80. The molecule has 0 aromatic heterocycles. The van der Waals surface area contributed by atoms with Crippen LogP contribution in [0.15, 0.2) is 0 Å². The van der Waals surface area contributed by atoms with Crippen molar-refractivity contribution >= 4 is 23.1 Å². The first kappa shape index (κ1) is 17.3. The van der Waals surface area contributed by atoms with E-state index in [2.05, 4.69) is 29.0 Å². The number of hydrogen-bond donors (Lipinski definition) is 2. The molecule has 6 heteroatoms. The van der Waals surface area contributed by atoms with Crippen LogP contribution in [0.4, 0.5) is 0 Å². The van der Waals surface area contributed by atoms with Gasteiger partial charge in [0.1, 0.15) is 0 Å². The Bertz CT molecular complexity index is 349. The van der Waals surface area contributed by atoms with Crippen molar-refractivity contribution in [1.29, 1.82) is 0 Å². The van der Waals surface area contributed by atoms with Gasteiger partial charge in [-0.1, -0.05) is 12.2 Å². The maximum Gasteiger partial charge on any atom is 0.221 e. The van der Waals surface area contributed by atoms with Gasteiger partial charge in [0.25, 0.3) is 0 Å². The number of carbonyl (C=O) groups excluding carboxylic acids is 1. The van der Waals surface area contributed by atoms with E-state index in [4.69, 9.17) is 18.0 Å². The predicted molar refractivity (Wildman–Crippen MR) is 86.8 cm³/mol. The molecular formula is C14H28N4OS. The summed E-state index contributed by atoms with van der Waals surface area (Å²) in [6.45, 7) is 12.7. The smallest absolute Gasteiger partial charge is 0.221 e. The minimum absolute atomic E-state index is 0.130. The van der Waals surface area contributed by atoms with E-state index in [1.165, 1.54) is 0 Å². The molecule has 0 atom stereocenters. The molecule has 20 heavy (non-hydrogen) atoms. The fourth-order valence-electron chi connectivity index (χ4n) is 2.34. The van der Waals surface area contributed by atoms with Crippen molar-refractivity contribution in [2.75, 3.05) is 32.7 Å². The van der Waals surface area contributed by atoms with Gasteiger partial charge in [-0.25, -0.2) is 0 Å². The Balaban J connectivity index is 2.32. The van der Waals surface area contributed by atoms with Crippen LogP contribution >= 0.6 is 12.2 Å². The van der Waals surface area contributed by atoms with Gasteiger partial charge in [0.2, 0.25) is 5.91 Å². The number of nitrogens with two attached hydrogens (primary N) is 1. The van der Waals surface area contributed by atoms with Crippen LogP contribution in [0.5, 0.6) is 0 Å². The zero-order chi connectivity index (χ0) is 15.3. The molecule has 1 aliphatic heterocycles. The molecular weight excluding hydrogens is 272 g/mol. The van der Waals surface area contributed by atoms with Crippen molar-refractivity contribution in [1.82, 2.24) is 15.1 Å². The third-order valence-corrected chi connectivity index (χ3v) is 4.37. The third-order valence-electron chi connectivity index (χ3n) is 3.87. The standard InChI is InChI=1S/C14H28N4OS/c1-11(2)16-12(19)5-6-17-7-9-18(10-8-17)14(3,4)13(15)20/h11H,5-10H2,1-4H3,(H2,15,20)(H,16,19). The van der Waals surface area contributed by atoms with Gasteiger partial charge in [-0.3, -0.25) is 9.69 Å². The fourth-order valence-corrected chi connectivity index (χ4v) is 2.47. The summed E-state index contributed by atoms with van der Waals surface area (Å²) >= 11 is 5.14. The lowest BCUT2D eigenvalue weighted by molar-refractivity contribution is -0.122. The summed E-state index contributed by atoms with van der Waals surface area (Å²) in [4.78, 5) is 16.8. The van der Waals surface area contributed by atoms with E-state index < -0.39 is 0 Å². The van der Waals surface area contributed by atoms with E-state index in [9.17, 15) is 4.79 Å². The predicted octanol–water partition coefficient (Wildman–Crippen LogP) is 0.583. The van der Waals surface area contributed by atoms with Gasteiger partial charge in [0.15, 0.2) is 0 Å². The summed E-state index contributed by atoms with van der Waals surface area (Å²) in [6.07, 6.45) is 0.566. The summed E-state index contributed by atoms with van der Waals surface area (Å²) in [6, 6.07) is 0.214. The molecule has 1 aliphatic rings. The van der Waals surface area contributed by atoms with Crippen LogP contribution in [0.1, 0.15) is 34.1 Å². The number of nitrogens with one attached hydrogen (secondary N) is 1. The molecule has 0 radical (unpaired) electrons. The Morgan fingerprint density at radius 2 is 1.85 bits per heavy atom. The zero-order valence-electron chi connectivity index (χ0n) is 13.1. The number of carbonyl (C=O) groups is 1. The lowest BCUT2D eigenvalue weighted by Gasteiger charge is -2.43. The number of amides is 1. The zero-order valence-corrected chi connectivity index (χ0v) is 13.9. The molecule has 1 amide bonds. The van der Waals surface area contributed by atoms with Crippen LogP contribution in [-0.2, 0) is 4.79 Å². The van der Waals surface area contributed by atoms with Crippen molar-refractivity contribution in [3.8, 4) is 0 Å². The van der Waals surface area contributed by atoms with E-state index >= 15 is 0 Å². The highest BCUT2D eigenvalue weighted by atomic mass is 32.1. The van der Waals surface area contributed by atoms with E-state index in [0.717, 1.165) is 32.7 Å². The molecule has 116 valence electrons. The topological polar surface area (TPSA) is 61.6 Å². The average molecular weight is 300 g/mol. The van der Waals surface area contributed by atoms with Crippen molar-refractivity contribution in [3.63, 3.8) is 0 Å². The van der Waals surface area contributed by atoms with Crippen LogP contribution in [0, 0.1) is 0 Å². The van der Waals surface area contributed by atoms with E-state index in [1.807, 2.05) is 13.8 Å². The lowest BCUT2D eigenvalue weighted by Crippen LogP contribution is -2.59. The normalized spacial score (nSPS) is 18.2. The molecule has 0 aromatic carbocycles. The van der Waals surface area contributed by atoms with Crippen LogP contribution < -0.4 is 11.1 Å². The number of thiocarbonyl (C=S) groups is 1. The maximum absolute atomic E-state index is 11.6. The monoisotopic (exact) mass is 300 g/mol. The average Bonchev–Trinajstić information content (AvgIpc) is 2.36. The lowest BCUT2D eigenvalue weighted by atomic mass is 10.0. The molecule has 3 N–H and O–H groups in total. The first-order valence-corrected chi connectivity index (χ1v) is 7.71. The summed E-state index contributed by atoms with van der Waals surface area (Å²) in [5.74, 6) is 0.130. The summed E-state index contributed by atoms with van der Waals surface area (Å²) in [7, 11) is 0. The Morgan fingerprint density at radius 1 is 1.30 bits per heavy atom. The van der Waals surface area contributed by atoms with Gasteiger partial charge < -0.3 is 16.0 Å². The molecule has 1 saturated heterocycles. The summed E-state index contributed by atoms with van der Waals surface area (Å²) in [5, 5.41) is 2.92. The first-order valence-electron chi connectivity index (χ1n) is 7.30. The van der Waals surface area contributed by atoms with Gasteiger partial charge in [-0.05, 0) is 27.7 Å². The van der Waals surface area contributed by atoms with Crippen molar-refractivity contribution in [2.45, 2.75) is 45.7 Å². The Hall–Kier alpha value is -0.720. The molecule has 5 nitrogen and oxygen atoms in total. The first-order chi connectivity index (χ1) is 9.23. The maximum atomic E-state index is 11.6. The van der Waals surface area contributed by atoms with Gasteiger partial charge in [-0.2, -0.15) is 0 Å². The van der Waals surface area contributed by atoms with Crippen molar-refractivity contribution < 1.29 is 4.79 Å². The third kappa shape index (κ3) is 5.00. The van der Waals surface area contributed by atoms with Gasteiger partial charge in [0, 0.05) is 45.2 Å². The molecule has 0 unspecified atom stereocenters. The SMILES string of the molecule is CC(C)NC(=O)CCN1CCN(C(C)(C)C(N)=S)CC1.